The molecule has 27 heavy (non-hydrogen) atoms. The van der Waals surface area contributed by atoms with Crippen LogP contribution in [0.3, 0.4) is 0 Å². The van der Waals surface area contributed by atoms with Gasteiger partial charge in [0.25, 0.3) is 0 Å². The number of rotatable bonds is 8. The van der Waals surface area contributed by atoms with Gasteiger partial charge < -0.3 is 15.2 Å². The van der Waals surface area contributed by atoms with Crippen molar-refractivity contribution < 1.29 is 27.9 Å². The van der Waals surface area contributed by atoms with Gasteiger partial charge in [0, 0.05) is 5.92 Å². The first-order valence-corrected chi connectivity index (χ1v) is 9.84. The van der Waals surface area contributed by atoms with E-state index in [9.17, 15) is 23.1 Å². The Kier molecular flexibility index (Phi) is 6.57. The number of carbonyl (C=O) groups is 2. The molecule has 2 aromatic rings. The lowest BCUT2D eigenvalue weighted by Crippen LogP contribution is -2.39. The van der Waals surface area contributed by atoms with E-state index in [-0.39, 0.29) is 4.90 Å². The third kappa shape index (κ3) is 5.30. The maximum absolute atomic E-state index is 12.5. The first-order chi connectivity index (χ1) is 12.7. The summed E-state index contributed by atoms with van der Waals surface area (Å²) in [6.07, 6.45) is 0. The van der Waals surface area contributed by atoms with Gasteiger partial charge in [-0.2, -0.15) is 0 Å². The molecule has 144 valence electrons. The van der Waals surface area contributed by atoms with Crippen LogP contribution in [0.15, 0.2) is 59.5 Å². The monoisotopic (exact) mass is 391 g/mol. The molecule has 8 heteroatoms. The maximum Gasteiger partial charge on any atom is 0.330 e. The molecule has 7 nitrogen and oxygen atoms in total. The molecule has 0 aromatic heterocycles. The van der Waals surface area contributed by atoms with E-state index >= 15 is 0 Å². The number of amides is 1. The first kappa shape index (κ1) is 20.4. The number of hydrogen-bond acceptors (Lipinski definition) is 5. The lowest BCUT2D eigenvalue weighted by molar-refractivity contribution is -0.142. The van der Waals surface area contributed by atoms with E-state index in [0.717, 1.165) is 0 Å². The van der Waals surface area contributed by atoms with Gasteiger partial charge in [0.15, 0.2) is 15.9 Å². The van der Waals surface area contributed by atoms with Crippen LogP contribution in [-0.2, 0) is 19.4 Å². The molecule has 0 bridgehead atoms. The van der Waals surface area contributed by atoms with Crippen LogP contribution in [0, 0.1) is 5.92 Å². The molecular weight excluding hydrogens is 370 g/mol. The molecule has 0 aliphatic rings. The van der Waals surface area contributed by atoms with Crippen molar-refractivity contribution in [1.29, 1.82) is 0 Å². The molecule has 0 saturated carbocycles. The molecule has 1 amide bonds. The summed E-state index contributed by atoms with van der Waals surface area (Å²) < 4.78 is 30.0. The smallest absolute Gasteiger partial charge is 0.330 e. The van der Waals surface area contributed by atoms with Gasteiger partial charge in [-0.15, -0.1) is 0 Å². The van der Waals surface area contributed by atoms with Gasteiger partial charge in [-0.1, -0.05) is 37.3 Å². The zero-order valence-electron chi connectivity index (χ0n) is 15.0. The van der Waals surface area contributed by atoms with Crippen molar-refractivity contribution in [3.8, 4) is 5.75 Å². The fraction of sp³-hybridized carbons (Fsp3) is 0.263. The molecular formula is C19H21NO6S. The first-order valence-electron chi connectivity index (χ1n) is 8.19. The summed E-state index contributed by atoms with van der Waals surface area (Å²) in [5, 5.41) is 11.8. The van der Waals surface area contributed by atoms with Gasteiger partial charge in [-0.25, -0.2) is 13.2 Å². The number of sulfone groups is 1. The van der Waals surface area contributed by atoms with Gasteiger partial charge in [0.05, 0.1) is 17.8 Å². The average Bonchev–Trinajstić information content (AvgIpc) is 2.66. The van der Waals surface area contributed by atoms with Crippen LogP contribution in [-0.4, -0.2) is 38.3 Å². The zero-order chi connectivity index (χ0) is 20.0. The summed E-state index contributed by atoms with van der Waals surface area (Å²) >= 11 is 0. The Labute approximate surface area is 157 Å². The summed E-state index contributed by atoms with van der Waals surface area (Å²) in [5.74, 6) is -2.72. The summed E-state index contributed by atoms with van der Waals surface area (Å²) in [6, 6.07) is 12.8. The van der Waals surface area contributed by atoms with Crippen molar-refractivity contribution in [3.05, 3.63) is 60.2 Å². The summed E-state index contributed by atoms with van der Waals surface area (Å²) in [5.41, 5.74) is 0.406. The second-order valence-electron chi connectivity index (χ2n) is 6.05. The number of aliphatic carboxylic acids is 1. The topological polar surface area (TPSA) is 110 Å². The Morgan fingerprint density at radius 2 is 1.67 bits per heavy atom. The van der Waals surface area contributed by atoms with Gasteiger partial charge in [0.1, 0.15) is 5.75 Å². The van der Waals surface area contributed by atoms with E-state index in [4.69, 9.17) is 4.74 Å². The number of hydrogen-bond donors (Lipinski definition) is 2. The molecule has 0 saturated heterocycles. The minimum atomic E-state index is -3.71. The lowest BCUT2D eigenvalue weighted by Gasteiger charge is -2.18. The third-order valence-corrected chi connectivity index (χ3v) is 5.93. The molecule has 2 aromatic carbocycles. The molecule has 0 aliphatic heterocycles. The van der Waals surface area contributed by atoms with Crippen molar-refractivity contribution >= 4 is 21.7 Å². The SMILES string of the molecule is COc1ccc(S(=O)(=O)CC(C)C(=O)N[C@@H](C(=O)O)c2ccccc2)cc1. The Bertz CT molecular complexity index is 894. The number of carbonyl (C=O) groups excluding carboxylic acids is 1. The molecule has 0 spiro atoms. The Hall–Kier alpha value is -2.87. The van der Waals surface area contributed by atoms with E-state index in [1.807, 2.05) is 0 Å². The number of carboxylic acids is 1. The fourth-order valence-electron chi connectivity index (χ4n) is 2.50. The predicted molar refractivity (Wildman–Crippen MR) is 99.2 cm³/mol. The maximum atomic E-state index is 12.5. The highest BCUT2D eigenvalue weighted by molar-refractivity contribution is 7.91. The number of ether oxygens (including phenoxy) is 1. The van der Waals surface area contributed by atoms with Crippen molar-refractivity contribution in [2.45, 2.75) is 17.9 Å². The lowest BCUT2D eigenvalue weighted by atomic mass is 10.1. The quantitative estimate of drug-likeness (QED) is 0.713. The highest BCUT2D eigenvalue weighted by Gasteiger charge is 2.28. The summed E-state index contributed by atoms with van der Waals surface area (Å²) in [6.45, 7) is 1.44. The number of methoxy groups -OCH3 is 1. The van der Waals surface area contributed by atoms with Crippen LogP contribution in [0.4, 0.5) is 0 Å². The normalized spacial score (nSPS) is 13.4. The number of benzene rings is 2. The summed E-state index contributed by atoms with van der Waals surface area (Å²) in [7, 11) is -2.24. The van der Waals surface area contributed by atoms with E-state index in [1.54, 1.807) is 30.3 Å². The minimum Gasteiger partial charge on any atom is -0.497 e. The molecule has 0 aliphatic carbocycles. The second kappa shape index (κ2) is 8.68. The van der Waals surface area contributed by atoms with Crippen LogP contribution < -0.4 is 10.1 Å². The molecule has 2 rings (SSSR count). The van der Waals surface area contributed by atoms with Crippen molar-refractivity contribution in [1.82, 2.24) is 5.32 Å². The largest absolute Gasteiger partial charge is 0.497 e. The van der Waals surface area contributed by atoms with Gasteiger partial charge in [0.2, 0.25) is 5.91 Å². The van der Waals surface area contributed by atoms with Crippen LogP contribution in [0.1, 0.15) is 18.5 Å². The Morgan fingerprint density at radius 3 is 2.19 bits per heavy atom. The molecule has 1 unspecified atom stereocenters. The van der Waals surface area contributed by atoms with E-state index in [1.165, 1.54) is 38.3 Å². The number of nitrogens with one attached hydrogen (secondary N) is 1. The van der Waals surface area contributed by atoms with Crippen LogP contribution >= 0.6 is 0 Å². The van der Waals surface area contributed by atoms with Gasteiger partial charge in [-0.05, 0) is 29.8 Å². The van der Waals surface area contributed by atoms with E-state index in [0.29, 0.717) is 11.3 Å². The number of carboxylic acid groups (broad SMARTS) is 1. The molecule has 0 fully saturated rings. The van der Waals surface area contributed by atoms with Crippen molar-refractivity contribution in [3.63, 3.8) is 0 Å². The van der Waals surface area contributed by atoms with Crippen LogP contribution in [0.2, 0.25) is 0 Å². The molecule has 0 heterocycles. The standard InChI is InChI=1S/C19H21NO6S/c1-13(12-27(24,25)16-10-8-15(26-2)9-11-16)18(21)20-17(19(22)23)14-6-4-3-5-7-14/h3-11,13,17H,12H2,1-2H3,(H,20,21)(H,22,23)/t13?,17-/m1/s1. The highest BCUT2D eigenvalue weighted by atomic mass is 32.2. The third-order valence-electron chi connectivity index (χ3n) is 4.00. The predicted octanol–water partition coefficient (Wildman–Crippen LogP) is 2.05. The van der Waals surface area contributed by atoms with Crippen molar-refractivity contribution in [2.24, 2.45) is 5.92 Å². The Balaban J connectivity index is 2.10. The van der Waals surface area contributed by atoms with E-state index in [2.05, 4.69) is 5.32 Å². The van der Waals surface area contributed by atoms with Gasteiger partial charge in [-0.3, -0.25) is 4.79 Å². The second-order valence-corrected chi connectivity index (χ2v) is 8.08. The fourth-order valence-corrected chi connectivity index (χ4v) is 4.05. The van der Waals surface area contributed by atoms with Crippen LogP contribution in [0.5, 0.6) is 5.75 Å². The van der Waals surface area contributed by atoms with Gasteiger partial charge >= 0.3 is 5.97 Å². The highest BCUT2D eigenvalue weighted by Crippen LogP contribution is 2.19. The molecule has 0 radical (unpaired) electrons. The minimum absolute atomic E-state index is 0.0702. The summed E-state index contributed by atoms with van der Waals surface area (Å²) in [4.78, 5) is 23.9. The van der Waals surface area contributed by atoms with E-state index < -0.39 is 39.4 Å². The van der Waals surface area contributed by atoms with Crippen molar-refractivity contribution in [2.75, 3.05) is 12.9 Å². The zero-order valence-corrected chi connectivity index (χ0v) is 15.8. The molecule has 2 N–H and O–H groups in total. The Morgan fingerprint density at radius 1 is 1.07 bits per heavy atom. The molecule has 2 atom stereocenters. The van der Waals surface area contributed by atoms with Crippen LogP contribution in [0.25, 0.3) is 0 Å². The average molecular weight is 391 g/mol.